The fourth-order valence-electron chi connectivity index (χ4n) is 8.01. The van der Waals surface area contributed by atoms with Crippen LogP contribution in [0.25, 0.3) is 30.2 Å². The maximum Gasteiger partial charge on any atom is 0.205 e. The van der Waals surface area contributed by atoms with Gasteiger partial charge < -0.3 is 10.1 Å². The smallest absolute Gasteiger partial charge is 0.205 e. The van der Waals surface area contributed by atoms with Crippen LogP contribution < -0.4 is 10.1 Å². The third-order valence-electron chi connectivity index (χ3n) is 10.5. The molecule has 5 aromatic rings. The fourth-order valence-corrected chi connectivity index (χ4v) is 13.3. The number of Topliss-reactive ketones (excluding diaryl/α,β-unsaturated/α-hetero) is 4. The molecule has 55 heavy (non-hydrogen) atoms. The second-order valence-corrected chi connectivity index (χ2v) is 17.7. The SMILES string of the molecule is [C-]#[N+]c1cc2c(cc1C#N)C(=O)/C(=C/C1Nc3sc4c(c3S1)C1(CCCCC1)Oc1c-4sc3nc(C=C4C(=O)c5cc(C#N)c(C#N)cc5C4=O)sc13)C2=O. The van der Waals surface area contributed by atoms with Crippen LogP contribution in [-0.2, 0) is 5.60 Å². The maximum atomic E-state index is 13.4. The zero-order valence-corrected chi connectivity index (χ0v) is 31.3. The van der Waals surface area contributed by atoms with Crippen LogP contribution in [0.1, 0.15) is 101 Å². The van der Waals surface area contributed by atoms with Gasteiger partial charge in [-0.25, -0.2) is 9.83 Å². The lowest BCUT2D eigenvalue weighted by Crippen LogP contribution is -2.37. The van der Waals surface area contributed by atoms with Gasteiger partial charge in [-0.15, -0.1) is 34.0 Å². The molecule has 1 atom stereocenters. The number of benzene rings is 2. The van der Waals surface area contributed by atoms with Crippen molar-refractivity contribution in [1.29, 1.82) is 15.8 Å². The number of nitriles is 3. The number of fused-ring (bicyclic) bond motifs is 10. The van der Waals surface area contributed by atoms with Gasteiger partial charge in [0.2, 0.25) is 5.69 Å². The predicted molar refractivity (Wildman–Crippen MR) is 206 cm³/mol. The van der Waals surface area contributed by atoms with Crippen LogP contribution in [0, 0.1) is 40.6 Å². The number of rotatable bonds is 2. The molecule has 3 aliphatic carbocycles. The second-order valence-electron chi connectivity index (χ2n) is 13.5. The number of hydrogen-bond donors (Lipinski definition) is 1. The number of ether oxygens (including phenoxy) is 1. The highest BCUT2D eigenvalue weighted by Gasteiger charge is 2.49. The first-order valence-electron chi connectivity index (χ1n) is 17.0. The molecule has 0 bridgehead atoms. The Balaban J connectivity index is 0.997. The highest BCUT2D eigenvalue weighted by molar-refractivity contribution is 8.01. The molecule has 1 saturated carbocycles. The van der Waals surface area contributed by atoms with Crippen LogP contribution in [0.2, 0.25) is 0 Å². The summed E-state index contributed by atoms with van der Waals surface area (Å²) in [4.78, 5) is 65.4. The van der Waals surface area contributed by atoms with E-state index >= 15 is 0 Å². The molecular weight excluding hydrogens is 773 g/mol. The summed E-state index contributed by atoms with van der Waals surface area (Å²) < 4.78 is 7.92. The van der Waals surface area contributed by atoms with Crippen molar-refractivity contribution in [2.75, 3.05) is 5.32 Å². The Bertz CT molecular complexity index is 2870. The summed E-state index contributed by atoms with van der Waals surface area (Å²) in [6, 6.07) is 11.0. The average molecular weight is 791 g/mol. The number of ketones is 4. The van der Waals surface area contributed by atoms with Gasteiger partial charge in [0.25, 0.3) is 0 Å². The van der Waals surface area contributed by atoms with Crippen molar-refractivity contribution in [1.82, 2.24) is 4.98 Å². The van der Waals surface area contributed by atoms with Crippen molar-refractivity contribution in [3.05, 3.63) is 102 Å². The molecule has 0 radical (unpaired) electrons. The molecule has 10 rings (SSSR count). The number of carbonyl (C=O) groups excluding carboxylic acids is 4. The average Bonchev–Trinajstić information content (AvgIpc) is 4.02. The van der Waals surface area contributed by atoms with Gasteiger partial charge in [0.1, 0.15) is 37.3 Å². The first-order chi connectivity index (χ1) is 26.7. The van der Waals surface area contributed by atoms with Crippen molar-refractivity contribution in [3.8, 4) is 33.7 Å². The standard InChI is InChI=1S/C40H18N6O5S4/c1-44-25-10-22-21(9-18(25)15-43)31(49)24(32(22)50)11-26-45-38-35(52-26)28-34(54-38)36-33(51-40(28)5-3-2-4-6-40)37-39(55-36)46-27(53-37)12-23-29(47)19-7-16(13-41)17(14-42)8-20(19)30(23)48/h7-12,26,45H,2-6H2/b24-11-. The number of hydrogen-bond acceptors (Lipinski definition) is 14. The van der Waals surface area contributed by atoms with E-state index in [1.807, 2.05) is 18.2 Å². The van der Waals surface area contributed by atoms with Crippen molar-refractivity contribution >= 4 is 95.2 Å². The Morgan fingerprint density at radius 1 is 0.818 bits per heavy atom. The summed E-state index contributed by atoms with van der Waals surface area (Å²) >= 11 is 5.96. The molecule has 2 aliphatic heterocycles. The minimum atomic E-state index is -0.604. The number of thiazole rings is 1. The van der Waals surface area contributed by atoms with Gasteiger partial charge >= 0.3 is 0 Å². The van der Waals surface area contributed by atoms with Crippen LogP contribution in [0.5, 0.6) is 5.75 Å². The summed E-state index contributed by atoms with van der Waals surface area (Å²) in [6.45, 7) is 7.39. The molecule has 5 heterocycles. The summed E-state index contributed by atoms with van der Waals surface area (Å²) in [5.74, 6) is -1.20. The van der Waals surface area contributed by atoms with Crippen LogP contribution in [-0.4, -0.2) is 33.5 Å². The van der Waals surface area contributed by atoms with Crippen molar-refractivity contribution in [3.63, 3.8) is 0 Å². The van der Waals surface area contributed by atoms with Crippen LogP contribution in [0.3, 0.4) is 0 Å². The highest BCUT2D eigenvalue weighted by Crippen LogP contribution is 2.65. The third kappa shape index (κ3) is 4.65. The number of nitrogens with zero attached hydrogens (tertiary/aromatic N) is 5. The lowest BCUT2D eigenvalue weighted by molar-refractivity contribution is 0.0243. The Hall–Kier alpha value is -6.20. The van der Waals surface area contributed by atoms with Gasteiger partial charge in [-0.05, 0) is 62.1 Å². The number of nitrogens with one attached hydrogen (secondary N) is 1. The monoisotopic (exact) mass is 790 g/mol. The van der Waals surface area contributed by atoms with E-state index in [0.717, 1.165) is 67.8 Å². The van der Waals surface area contributed by atoms with Gasteiger partial charge in [0, 0.05) is 27.8 Å². The van der Waals surface area contributed by atoms with E-state index in [4.69, 9.17) is 16.3 Å². The topological polar surface area (TPSA) is 178 Å². The minimum Gasteiger partial charge on any atom is -0.479 e. The number of aromatic nitrogens is 1. The molecule has 0 saturated heterocycles. The molecule has 1 unspecified atom stereocenters. The summed E-state index contributed by atoms with van der Waals surface area (Å²) in [6.07, 6.45) is 7.76. The number of anilines is 1. The first-order valence-corrected chi connectivity index (χ1v) is 20.3. The van der Waals surface area contributed by atoms with Crippen molar-refractivity contribution < 1.29 is 23.9 Å². The predicted octanol–water partition coefficient (Wildman–Crippen LogP) is 9.12. The molecule has 1 fully saturated rings. The largest absolute Gasteiger partial charge is 0.479 e. The van der Waals surface area contributed by atoms with Gasteiger partial charge in [0.15, 0.2) is 28.9 Å². The van der Waals surface area contributed by atoms with E-state index in [1.54, 1.807) is 17.4 Å². The van der Waals surface area contributed by atoms with Crippen LogP contribution in [0.15, 0.2) is 46.4 Å². The lowest BCUT2D eigenvalue weighted by Gasteiger charge is -2.41. The van der Waals surface area contributed by atoms with E-state index in [-0.39, 0.29) is 55.8 Å². The van der Waals surface area contributed by atoms with Gasteiger partial charge in [-0.2, -0.15) is 15.8 Å². The number of carbonyl (C=O) groups is 4. The lowest BCUT2D eigenvalue weighted by atomic mass is 9.78. The van der Waals surface area contributed by atoms with E-state index in [0.29, 0.717) is 9.84 Å². The highest BCUT2D eigenvalue weighted by atomic mass is 32.2. The third-order valence-corrected chi connectivity index (χ3v) is 15.3. The second kappa shape index (κ2) is 11.9. The number of allylic oxidation sites excluding steroid dienone is 2. The molecule has 15 heteroatoms. The maximum absolute atomic E-state index is 13.4. The molecule has 1 spiro atoms. The van der Waals surface area contributed by atoms with E-state index in [9.17, 15) is 35.0 Å². The van der Waals surface area contributed by atoms with E-state index in [2.05, 4.69) is 10.2 Å². The molecule has 0 amide bonds. The van der Waals surface area contributed by atoms with E-state index < -0.39 is 34.1 Å². The molecule has 11 nitrogen and oxygen atoms in total. The number of thiophene rings is 2. The molecular formula is C40H18N6O5S4. The summed E-state index contributed by atoms with van der Waals surface area (Å²) in [5.41, 5.74) is 1.10. The van der Waals surface area contributed by atoms with Crippen LogP contribution >= 0.6 is 45.8 Å². The zero-order valence-electron chi connectivity index (χ0n) is 28.0. The van der Waals surface area contributed by atoms with Gasteiger partial charge in [-0.1, -0.05) is 18.2 Å². The summed E-state index contributed by atoms with van der Waals surface area (Å²) in [7, 11) is 0. The Kier molecular flexibility index (Phi) is 7.22. The van der Waals surface area contributed by atoms with E-state index in [1.165, 1.54) is 64.8 Å². The molecule has 262 valence electrons. The zero-order chi connectivity index (χ0) is 37.9. The first kappa shape index (κ1) is 33.4. The Morgan fingerprint density at radius 3 is 2.07 bits per heavy atom. The molecule has 1 N–H and O–H groups in total. The summed E-state index contributed by atoms with van der Waals surface area (Å²) in [5, 5.41) is 32.8. The Morgan fingerprint density at radius 2 is 1.44 bits per heavy atom. The quantitative estimate of drug-likeness (QED) is 0.102. The molecule has 2 aromatic carbocycles. The Labute approximate surface area is 327 Å². The van der Waals surface area contributed by atoms with Crippen molar-refractivity contribution in [2.24, 2.45) is 0 Å². The minimum absolute atomic E-state index is 0.0139. The van der Waals surface area contributed by atoms with Crippen molar-refractivity contribution in [2.45, 2.75) is 48.0 Å². The normalized spacial score (nSPS) is 19.2. The number of thioether (sulfide) groups is 1. The molecule has 3 aromatic heterocycles. The molecule has 5 aliphatic rings. The van der Waals surface area contributed by atoms with Gasteiger partial charge in [0.05, 0.1) is 60.5 Å². The van der Waals surface area contributed by atoms with Gasteiger partial charge in [-0.3, -0.25) is 19.2 Å². The fraction of sp³-hybridized carbons (Fsp3) is 0.175. The van der Waals surface area contributed by atoms with Crippen LogP contribution in [0.4, 0.5) is 10.7 Å².